The van der Waals surface area contributed by atoms with E-state index in [0.717, 1.165) is 5.56 Å². The first-order valence-electron chi connectivity index (χ1n) is 5.68. The fourth-order valence-corrected chi connectivity index (χ4v) is 1.73. The van der Waals surface area contributed by atoms with Crippen LogP contribution in [-0.4, -0.2) is 7.11 Å². The van der Waals surface area contributed by atoms with E-state index < -0.39 is 0 Å². The zero-order valence-electron chi connectivity index (χ0n) is 10.4. The molecule has 0 saturated heterocycles. The summed E-state index contributed by atoms with van der Waals surface area (Å²) in [6.45, 7) is 0.391. The third kappa shape index (κ3) is 3.40. The van der Waals surface area contributed by atoms with E-state index in [1.807, 2.05) is 24.3 Å². The molecule has 0 radical (unpaired) electrons. The Morgan fingerprint density at radius 3 is 2.47 bits per heavy atom. The summed E-state index contributed by atoms with van der Waals surface area (Å²) < 4.78 is 10.9. The predicted molar refractivity (Wildman–Crippen MR) is 73.5 cm³/mol. The van der Waals surface area contributed by atoms with Gasteiger partial charge in [-0.15, -0.1) is 0 Å². The Balaban J connectivity index is 2.14. The molecule has 3 nitrogen and oxygen atoms in total. The number of benzene rings is 2. The Morgan fingerprint density at radius 2 is 1.84 bits per heavy atom. The van der Waals surface area contributed by atoms with Crippen LogP contribution in [0.4, 0.5) is 0 Å². The molecule has 96 valence electrons. The van der Waals surface area contributed by atoms with Crippen molar-refractivity contribution in [3.05, 3.63) is 58.6 Å². The average Bonchev–Trinajstić information content (AvgIpc) is 2.46. The van der Waals surface area contributed by atoms with E-state index in [4.69, 9.17) is 26.3 Å². The summed E-state index contributed by atoms with van der Waals surface area (Å²) in [5.74, 6) is 1.16. The Bertz CT molecular complexity index is 603. The molecule has 19 heavy (non-hydrogen) atoms. The van der Waals surface area contributed by atoms with E-state index in [9.17, 15) is 0 Å². The average molecular weight is 274 g/mol. The second-order valence-corrected chi connectivity index (χ2v) is 4.33. The molecule has 0 saturated carbocycles. The molecule has 0 aliphatic heterocycles. The molecule has 0 atom stereocenters. The maximum atomic E-state index is 8.88. The summed E-state index contributed by atoms with van der Waals surface area (Å²) in [7, 11) is 1.57. The van der Waals surface area contributed by atoms with E-state index in [1.165, 1.54) is 0 Å². The van der Waals surface area contributed by atoms with Crippen LogP contribution in [0, 0.1) is 11.3 Å². The van der Waals surface area contributed by atoms with Gasteiger partial charge in [0.1, 0.15) is 6.61 Å². The minimum atomic E-state index is 0.391. The van der Waals surface area contributed by atoms with E-state index >= 15 is 0 Å². The van der Waals surface area contributed by atoms with Crippen molar-refractivity contribution in [1.29, 1.82) is 5.26 Å². The third-order valence-electron chi connectivity index (χ3n) is 2.60. The molecule has 0 bridgehead atoms. The Hall–Kier alpha value is -2.18. The molecular weight excluding hydrogens is 262 g/mol. The quantitative estimate of drug-likeness (QED) is 0.851. The smallest absolute Gasteiger partial charge is 0.162 e. The van der Waals surface area contributed by atoms with E-state index in [-0.39, 0.29) is 0 Å². The topological polar surface area (TPSA) is 42.2 Å². The first-order chi connectivity index (χ1) is 9.22. The standard InChI is InChI=1S/C15H12ClNO2/c1-18-14-7-4-12(9-17)8-15(14)19-10-11-2-5-13(16)6-3-11/h2-8H,10H2,1H3. The molecule has 2 rings (SSSR count). The van der Waals surface area contributed by atoms with Crippen molar-refractivity contribution in [1.82, 2.24) is 0 Å². The normalized spacial score (nSPS) is 9.74. The molecule has 0 N–H and O–H groups in total. The highest BCUT2D eigenvalue weighted by Crippen LogP contribution is 2.28. The van der Waals surface area contributed by atoms with Crippen LogP contribution in [0.2, 0.25) is 5.02 Å². The highest BCUT2D eigenvalue weighted by atomic mass is 35.5. The lowest BCUT2D eigenvalue weighted by Gasteiger charge is -2.11. The minimum absolute atomic E-state index is 0.391. The molecule has 0 aliphatic rings. The summed E-state index contributed by atoms with van der Waals surface area (Å²) in [4.78, 5) is 0. The minimum Gasteiger partial charge on any atom is -0.493 e. The van der Waals surface area contributed by atoms with Crippen LogP contribution in [0.5, 0.6) is 11.5 Å². The van der Waals surface area contributed by atoms with Crippen LogP contribution in [-0.2, 0) is 6.61 Å². The largest absolute Gasteiger partial charge is 0.493 e. The second-order valence-electron chi connectivity index (χ2n) is 3.89. The molecular formula is C15H12ClNO2. The molecule has 0 heterocycles. The number of methoxy groups -OCH3 is 1. The predicted octanol–water partition coefficient (Wildman–Crippen LogP) is 3.80. The molecule has 0 unspecified atom stereocenters. The van der Waals surface area contributed by atoms with Crippen molar-refractivity contribution in [2.45, 2.75) is 6.61 Å². The lowest BCUT2D eigenvalue weighted by atomic mass is 10.2. The summed E-state index contributed by atoms with van der Waals surface area (Å²) in [5.41, 5.74) is 1.53. The first-order valence-corrected chi connectivity index (χ1v) is 6.06. The van der Waals surface area contributed by atoms with E-state index in [2.05, 4.69) is 6.07 Å². The number of ether oxygens (including phenoxy) is 2. The highest BCUT2D eigenvalue weighted by Gasteiger charge is 2.06. The van der Waals surface area contributed by atoms with Crippen LogP contribution in [0.3, 0.4) is 0 Å². The van der Waals surface area contributed by atoms with Gasteiger partial charge in [-0.1, -0.05) is 23.7 Å². The summed E-state index contributed by atoms with van der Waals surface area (Å²) in [5, 5.41) is 9.57. The molecule has 0 amide bonds. The molecule has 2 aromatic carbocycles. The van der Waals surface area contributed by atoms with Crippen LogP contribution >= 0.6 is 11.6 Å². The van der Waals surface area contributed by atoms with Crippen LogP contribution in [0.15, 0.2) is 42.5 Å². The van der Waals surface area contributed by atoms with Gasteiger partial charge in [-0.05, 0) is 29.8 Å². The van der Waals surface area contributed by atoms with Gasteiger partial charge >= 0.3 is 0 Å². The monoisotopic (exact) mass is 273 g/mol. The van der Waals surface area contributed by atoms with Gasteiger partial charge in [-0.25, -0.2) is 0 Å². The van der Waals surface area contributed by atoms with Crippen molar-refractivity contribution in [2.24, 2.45) is 0 Å². The number of rotatable bonds is 4. The maximum absolute atomic E-state index is 8.88. The lowest BCUT2D eigenvalue weighted by molar-refractivity contribution is 0.284. The Kier molecular flexibility index (Phi) is 4.27. The number of hydrogen-bond acceptors (Lipinski definition) is 3. The first kappa shape index (κ1) is 13.3. The van der Waals surface area contributed by atoms with Crippen LogP contribution in [0.25, 0.3) is 0 Å². The van der Waals surface area contributed by atoms with Gasteiger partial charge in [0.25, 0.3) is 0 Å². The molecule has 0 aliphatic carbocycles. The van der Waals surface area contributed by atoms with Gasteiger partial charge < -0.3 is 9.47 Å². The van der Waals surface area contributed by atoms with Crippen molar-refractivity contribution in [2.75, 3.05) is 7.11 Å². The van der Waals surface area contributed by atoms with Crippen molar-refractivity contribution >= 4 is 11.6 Å². The number of nitriles is 1. The zero-order chi connectivity index (χ0) is 13.7. The second kappa shape index (κ2) is 6.12. The van der Waals surface area contributed by atoms with Gasteiger partial charge in [0, 0.05) is 11.1 Å². The van der Waals surface area contributed by atoms with Gasteiger partial charge in [0.15, 0.2) is 11.5 Å². The number of hydrogen-bond donors (Lipinski definition) is 0. The Labute approximate surface area is 117 Å². The molecule has 0 fully saturated rings. The SMILES string of the molecule is COc1ccc(C#N)cc1OCc1ccc(Cl)cc1. The van der Waals surface area contributed by atoms with Crippen LogP contribution in [0.1, 0.15) is 11.1 Å². The van der Waals surface area contributed by atoms with Gasteiger partial charge in [-0.3, -0.25) is 0 Å². The van der Waals surface area contributed by atoms with Crippen molar-refractivity contribution in [3.8, 4) is 17.6 Å². The summed E-state index contributed by atoms with van der Waals surface area (Å²) in [6, 6.07) is 14.5. The summed E-state index contributed by atoms with van der Waals surface area (Å²) in [6.07, 6.45) is 0. The third-order valence-corrected chi connectivity index (χ3v) is 2.85. The fourth-order valence-electron chi connectivity index (χ4n) is 1.60. The van der Waals surface area contributed by atoms with Gasteiger partial charge in [0.05, 0.1) is 18.7 Å². The number of halogens is 1. The van der Waals surface area contributed by atoms with Crippen LogP contribution < -0.4 is 9.47 Å². The maximum Gasteiger partial charge on any atom is 0.162 e. The van der Waals surface area contributed by atoms with Gasteiger partial charge in [0.2, 0.25) is 0 Å². The zero-order valence-corrected chi connectivity index (χ0v) is 11.1. The fraction of sp³-hybridized carbons (Fsp3) is 0.133. The van der Waals surface area contributed by atoms with Gasteiger partial charge in [-0.2, -0.15) is 5.26 Å². The highest BCUT2D eigenvalue weighted by molar-refractivity contribution is 6.30. The van der Waals surface area contributed by atoms with E-state index in [0.29, 0.717) is 28.7 Å². The van der Waals surface area contributed by atoms with Crippen molar-refractivity contribution in [3.63, 3.8) is 0 Å². The van der Waals surface area contributed by atoms with E-state index in [1.54, 1.807) is 25.3 Å². The molecule has 2 aromatic rings. The van der Waals surface area contributed by atoms with Crippen molar-refractivity contribution < 1.29 is 9.47 Å². The number of nitrogens with zero attached hydrogens (tertiary/aromatic N) is 1. The summed E-state index contributed by atoms with van der Waals surface area (Å²) >= 11 is 5.82. The lowest BCUT2D eigenvalue weighted by Crippen LogP contribution is -1.98. The molecule has 0 spiro atoms. The molecule has 0 aromatic heterocycles. The molecule has 4 heteroatoms. The Morgan fingerprint density at radius 1 is 1.11 bits per heavy atom.